The van der Waals surface area contributed by atoms with Gasteiger partial charge in [-0.3, -0.25) is 9.69 Å². The van der Waals surface area contributed by atoms with Crippen molar-refractivity contribution in [3.8, 4) is 11.5 Å². The molecule has 29 heavy (non-hydrogen) atoms. The zero-order valence-electron chi connectivity index (χ0n) is 16.2. The fourth-order valence-corrected chi connectivity index (χ4v) is 3.33. The monoisotopic (exact) mass is 395 g/mol. The van der Waals surface area contributed by atoms with Gasteiger partial charge in [-0.2, -0.15) is 0 Å². The highest BCUT2D eigenvalue weighted by Crippen LogP contribution is 2.31. The SMILES string of the molecule is COC(=O)c1ccc2c(=O)[nH]c(CN(C)C[C@H]3COc4ccccc4O3)nc2c1. The number of methoxy groups -OCH3 is 1. The molecule has 1 N–H and O–H groups in total. The maximum atomic E-state index is 12.4. The third-order valence-electron chi connectivity index (χ3n) is 4.68. The van der Waals surface area contributed by atoms with Gasteiger partial charge in [0.25, 0.3) is 5.56 Å². The number of rotatable bonds is 5. The molecule has 0 amide bonds. The molecule has 3 aromatic rings. The van der Waals surface area contributed by atoms with E-state index in [1.165, 1.54) is 7.11 Å². The van der Waals surface area contributed by atoms with Crippen molar-refractivity contribution in [1.29, 1.82) is 0 Å². The lowest BCUT2D eigenvalue weighted by Crippen LogP contribution is -2.39. The number of carbonyl (C=O) groups is 1. The first-order valence-corrected chi connectivity index (χ1v) is 9.22. The number of para-hydroxylation sites is 2. The van der Waals surface area contributed by atoms with Crippen molar-refractivity contribution < 1.29 is 19.0 Å². The summed E-state index contributed by atoms with van der Waals surface area (Å²) in [6.45, 7) is 1.46. The molecule has 0 spiro atoms. The first kappa shape index (κ1) is 18.9. The van der Waals surface area contributed by atoms with Crippen molar-refractivity contribution in [2.45, 2.75) is 12.6 Å². The fourth-order valence-electron chi connectivity index (χ4n) is 3.33. The van der Waals surface area contributed by atoms with Crippen LogP contribution >= 0.6 is 0 Å². The Bertz CT molecular complexity index is 1110. The van der Waals surface area contributed by atoms with Crippen molar-refractivity contribution >= 4 is 16.9 Å². The minimum Gasteiger partial charge on any atom is -0.486 e. The minimum atomic E-state index is -0.470. The quantitative estimate of drug-likeness (QED) is 0.660. The number of nitrogens with zero attached hydrogens (tertiary/aromatic N) is 2. The second kappa shape index (κ2) is 7.92. The Kier molecular flexibility index (Phi) is 5.18. The molecule has 0 fully saturated rings. The molecule has 0 radical (unpaired) electrons. The molecule has 0 saturated heterocycles. The van der Waals surface area contributed by atoms with Gasteiger partial charge in [0, 0.05) is 6.54 Å². The smallest absolute Gasteiger partial charge is 0.337 e. The Labute approximate surface area is 167 Å². The molecule has 4 rings (SSSR count). The highest BCUT2D eigenvalue weighted by atomic mass is 16.6. The molecule has 8 heteroatoms. The molecule has 1 aromatic heterocycles. The Morgan fingerprint density at radius 2 is 2.07 bits per heavy atom. The summed E-state index contributed by atoms with van der Waals surface area (Å²) in [5.74, 6) is 1.50. The lowest BCUT2D eigenvalue weighted by Gasteiger charge is -2.29. The predicted molar refractivity (Wildman–Crippen MR) is 106 cm³/mol. The summed E-state index contributed by atoms with van der Waals surface area (Å²) < 4.78 is 16.5. The molecule has 1 atom stereocenters. The minimum absolute atomic E-state index is 0.131. The number of carbonyl (C=O) groups excluding carboxylic acids is 1. The van der Waals surface area contributed by atoms with Crippen molar-refractivity contribution in [2.75, 3.05) is 27.3 Å². The predicted octanol–water partition coefficient (Wildman–Crippen LogP) is 1.98. The van der Waals surface area contributed by atoms with Gasteiger partial charge in [-0.1, -0.05) is 12.1 Å². The second-order valence-corrected chi connectivity index (χ2v) is 6.93. The zero-order valence-corrected chi connectivity index (χ0v) is 16.2. The number of H-pyrrole nitrogens is 1. The van der Waals surface area contributed by atoms with E-state index in [0.29, 0.717) is 42.0 Å². The van der Waals surface area contributed by atoms with Gasteiger partial charge in [-0.15, -0.1) is 0 Å². The molecule has 2 heterocycles. The van der Waals surface area contributed by atoms with Crippen LogP contribution in [0.4, 0.5) is 0 Å². The lowest BCUT2D eigenvalue weighted by molar-refractivity contribution is 0.0600. The van der Waals surface area contributed by atoms with Crippen molar-refractivity contribution in [1.82, 2.24) is 14.9 Å². The second-order valence-electron chi connectivity index (χ2n) is 6.93. The van der Waals surface area contributed by atoms with E-state index in [-0.39, 0.29) is 11.7 Å². The summed E-state index contributed by atoms with van der Waals surface area (Å²) in [5, 5.41) is 0.421. The van der Waals surface area contributed by atoms with Gasteiger partial charge < -0.3 is 19.2 Å². The maximum absolute atomic E-state index is 12.4. The van der Waals surface area contributed by atoms with E-state index < -0.39 is 5.97 Å². The molecule has 0 saturated carbocycles. The van der Waals surface area contributed by atoms with Crippen molar-refractivity contribution in [3.05, 3.63) is 64.2 Å². The number of hydrogen-bond acceptors (Lipinski definition) is 7. The Hall–Kier alpha value is -3.39. The van der Waals surface area contributed by atoms with E-state index in [1.54, 1.807) is 18.2 Å². The summed E-state index contributed by atoms with van der Waals surface area (Å²) in [7, 11) is 3.23. The van der Waals surface area contributed by atoms with Crippen LogP contribution in [-0.2, 0) is 11.3 Å². The molecule has 0 bridgehead atoms. The number of ether oxygens (including phenoxy) is 3. The van der Waals surface area contributed by atoms with Crippen LogP contribution in [0.3, 0.4) is 0 Å². The van der Waals surface area contributed by atoms with Crippen molar-refractivity contribution in [3.63, 3.8) is 0 Å². The van der Waals surface area contributed by atoms with E-state index >= 15 is 0 Å². The first-order chi connectivity index (χ1) is 14.0. The van der Waals surface area contributed by atoms with Gasteiger partial charge in [0.05, 0.1) is 30.1 Å². The van der Waals surface area contributed by atoms with Crippen LogP contribution < -0.4 is 15.0 Å². The highest BCUT2D eigenvalue weighted by Gasteiger charge is 2.22. The number of aromatic amines is 1. The Morgan fingerprint density at radius 3 is 2.86 bits per heavy atom. The number of aromatic nitrogens is 2. The van der Waals surface area contributed by atoms with Gasteiger partial charge in [-0.05, 0) is 37.4 Å². The molecule has 150 valence electrons. The highest BCUT2D eigenvalue weighted by molar-refractivity contribution is 5.93. The molecule has 1 aliphatic rings. The zero-order chi connectivity index (χ0) is 20.4. The van der Waals surface area contributed by atoms with Gasteiger partial charge in [0.1, 0.15) is 18.5 Å². The van der Waals surface area contributed by atoms with E-state index in [4.69, 9.17) is 14.2 Å². The lowest BCUT2D eigenvalue weighted by atomic mass is 10.1. The summed E-state index contributed by atoms with van der Waals surface area (Å²) in [4.78, 5) is 33.4. The van der Waals surface area contributed by atoms with Gasteiger partial charge in [-0.25, -0.2) is 9.78 Å². The van der Waals surface area contributed by atoms with Crippen LogP contribution in [0.25, 0.3) is 10.9 Å². The number of benzene rings is 2. The summed E-state index contributed by atoms with van der Waals surface area (Å²) in [6.07, 6.45) is -0.131. The molecule has 1 aliphatic heterocycles. The van der Waals surface area contributed by atoms with Gasteiger partial charge in [0.2, 0.25) is 0 Å². The Morgan fingerprint density at radius 1 is 1.28 bits per heavy atom. The number of esters is 1. The molecular formula is C21H21N3O5. The van der Waals surface area contributed by atoms with Crippen LogP contribution in [-0.4, -0.2) is 54.3 Å². The summed E-state index contributed by atoms with van der Waals surface area (Å²) in [6, 6.07) is 12.3. The average molecular weight is 395 g/mol. The molecule has 2 aromatic carbocycles. The molecule has 8 nitrogen and oxygen atoms in total. The fraction of sp³-hybridized carbons (Fsp3) is 0.286. The van der Waals surface area contributed by atoms with Crippen molar-refractivity contribution in [2.24, 2.45) is 0 Å². The molecule has 0 aliphatic carbocycles. The third-order valence-corrected chi connectivity index (χ3v) is 4.68. The number of hydrogen-bond donors (Lipinski definition) is 1. The number of fused-ring (bicyclic) bond motifs is 2. The molecule has 0 unspecified atom stereocenters. The van der Waals surface area contributed by atoms with E-state index in [9.17, 15) is 9.59 Å². The van der Waals surface area contributed by atoms with Crippen LogP contribution in [0.2, 0.25) is 0 Å². The van der Waals surface area contributed by atoms with Crippen LogP contribution in [0.5, 0.6) is 11.5 Å². The average Bonchev–Trinajstić information content (AvgIpc) is 2.72. The summed E-state index contributed by atoms with van der Waals surface area (Å²) in [5.41, 5.74) is 0.552. The summed E-state index contributed by atoms with van der Waals surface area (Å²) >= 11 is 0. The largest absolute Gasteiger partial charge is 0.486 e. The van der Waals surface area contributed by atoms with Crippen LogP contribution in [0.15, 0.2) is 47.3 Å². The molecular weight excluding hydrogens is 374 g/mol. The van der Waals surface area contributed by atoms with E-state index in [0.717, 1.165) is 11.5 Å². The maximum Gasteiger partial charge on any atom is 0.337 e. The first-order valence-electron chi connectivity index (χ1n) is 9.22. The number of nitrogens with one attached hydrogen (secondary N) is 1. The number of likely N-dealkylation sites (N-methyl/N-ethyl adjacent to an activating group) is 1. The van der Waals surface area contributed by atoms with Gasteiger partial charge in [0.15, 0.2) is 11.5 Å². The third kappa shape index (κ3) is 4.07. The van der Waals surface area contributed by atoms with E-state index in [1.807, 2.05) is 36.2 Å². The topological polar surface area (TPSA) is 93.8 Å². The van der Waals surface area contributed by atoms with Gasteiger partial charge >= 0.3 is 5.97 Å². The van der Waals surface area contributed by atoms with E-state index in [2.05, 4.69) is 9.97 Å². The Balaban J connectivity index is 1.48. The standard InChI is InChI=1S/C21H21N3O5/c1-24(10-14-12-28-17-5-3-4-6-18(17)29-14)11-19-22-16-9-13(21(26)27-2)7-8-15(16)20(25)23-19/h3-9,14H,10-12H2,1-2H3,(H,22,23,25)/t14-/m0/s1. The normalized spacial score (nSPS) is 15.5. The van der Waals surface area contributed by atoms with Crippen LogP contribution in [0.1, 0.15) is 16.2 Å². The van der Waals surface area contributed by atoms with Crippen LogP contribution in [0, 0.1) is 0 Å².